The molecule has 0 amide bonds. The van der Waals surface area contributed by atoms with Gasteiger partial charge in [0.2, 0.25) is 5.95 Å². The molecule has 3 nitrogen and oxygen atoms in total. The molecule has 0 unspecified atom stereocenters. The molecule has 4 heteroatoms. The minimum atomic E-state index is 0.559. The molecule has 0 radical (unpaired) electrons. The van der Waals surface area contributed by atoms with Crippen LogP contribution in [0.3, 0.4) is 0 Å². The summed E-state index contributed by atoms with van der Waals surface area (Å²) in [5.74, 6) is 0.734. The monoisotopic (exact) mass is 211 g/mol. The fraction of sp³-hybridized carbons (Fsp3) is 0.600. The van der Waals surface area contributed by atoms with Crippen LogP contribution in [0, 0.1) is 0 Å². The van der Waals surface area contributed by atoms with Gasteiger partial charge in [-0.05, 0) is 12.5 Å². The van der Waals surface area contributed by atoms with Crippen molar-refractivity contribution in [1.82, 2.24) is 9.97 Å². The van der Waals surface area contributed by atoms with Gasteiger partial charge in [0.05, 0.1) is 0 Å². The third-order valence-corrected chi connectivity index (χ3v) is 2.46. The average Bonchev–Trinajstić information content (AvgIpc) is 2.14. The normalized spacial score (nSPS) is 10.6. The van der Waals surface area contributed by atoms with E-state index < -0.39 is 0 Å². The van der Waals surface area contributed by atoms with Crippen molar-refractivity contribution in [2.75, 3.05) is 11.9 Å². The maximum atomic E-state index is 4.39. The second-order valence-electron chi connectivity index (χ2n) is 3.31. The molecule has 0 spiro atoms. The Morgan fingerprint density at radius 2 is 2.29 bits per heavy atom. The summed E-state index contributed by atoms with van der Waals surface area (Å²) in [6.45, 7) is 7.37. The molecule has 0 aliphatic heterocycles. The van der Waals surface area contributed by atoms with E-state index in [0.717, 1.165) is 23.9 Å². The van der Waals surface area contributed by atoms with Crippen LogP contribution in [0.4, 0.5) is 5.95 Å². The van der Waals surface area contributed by atoms with Crippen LogP contribution in [0.1, 0.15) is 27.2 Å². The van der Waals surface area contributed by atoms with Crippen molar-refractivity contribution in [2.24, 2.45) is 0 Å². The van der Waals surface area contributed by atoms with Gasteiger partial charge in [0.15, 0.2) is 0 Å². The molecule has 0 saturated heterocycles. The van der Waals surface area contributed by atoms with Crippen molar-refractivity contribution < 1.29 is 0 Å². The number of anilines is 1. The lowest BCUT2D eigenvalue weighted by atomic mass is 10.5. The Kier molecular flexibility index (Phi) is 4.73. The molecule has 1 heterocycles. The molecule has 0 aromatic carbocycles. The maximum Gasteiger partial charge on any atom is 0.223 e. The van der Waals surface area contributed by atoms with E-state index in [4.69, 9.17) is 0 Å². The summed E-state index contributed by atoms with van der Waals surface area (Å²) < 4.78 is 0. The summed E-state index contributed by atoms with van der Waals surface area (Å²) in [5.41, 5.74) is 0. The number of aromatic nitrogens is 2. The van der Waals surface area contributed by atoms with Crippen LogP contribution in [-0.2, 0) is 0 Å². The SMILES string of the molecule is CCCNc1nccc(SC(C)C)n1. The van der Waals surface area contributed by atoms with Crippen molar-refractivity contribution in [3.8, 4) is 0 Å². The molecule has 1 aromatic rings. The third-order valence-electron chi connectivity index (χ3n) is 1.52. The fourth-order valence-electron chi connectivity index (χ4n) is 0.971. The van der Waals surface area contributed by atoms with E-state index in [1.165, 1.54) is 0 Å². The lowest BCUT2D eigenvalue weighted by Crippen LogP contribution is -2.04. The van der Waals surface area contributed by atoms with Crippen LogP contribution in [-0.4, -0.2) is 21.8 Å². The summed E-state index contributed by atoms with van der Waals surface area (Å²) in [6.07, 6.45) is 2.89. The first-order valence-electron chi connectivity index (χ1n) is 4.96. The summed E-state index contributed by atoms with van der Waals surface area (Å²) in [7, 11) is 0. The smallest absolute Gasteiger partial charge is 0.223 e. The minimum Gasteiger partial charge on any atom is -0.354 e. The highest BCUT2D eigenvalue weighted by Gasteiger charge is 2.01. The standard InChI is InChI=1S/C10H17N3S/c1-4-6-11-10-12-7-5-9(13-10)14-8(2)3/h5,7-8H,4,6H2,1-3H3,(H,11,12,13). The Bertz CT molecular complexity index is 276. The number of hydrogen-bond donors (Lipinski definition) is 1. The fourth-order valence-corrected chi connectivity index (χ4v) is 1.73. The highest BCUT2D eigenvalue weighted by Crippen LogP contribution is 2.20. The van der Waals surface area contributed by atoms with Gasteiger partial charge in [0, 0.05) is 18.0 Å². The molecule has 78 valence electrons. The van der Waals surface area contributed by atoms with Crippen molar-refractivity contribution in [1.29, 1.82) is 0 Å². The van der Waals surface area contributed by atoms with Crippen LogP contribution in [0.25, 0.3) is 0 Å². The summed E-state index contributed by atoms with van der Waals surface area (Å²) in [4.78, 5) is 8.54. The van der Waals surface area contributed by atoms with Crippen LogP contribution >= 0.6 is 11.8 Å². The van der Waals surface area contributed by atoms with Gasteiger partial charge in [-0.15, -0.1) is 11.8 Å². The molecular weight excluding hydrogens is 194 g/mol. The molecule has 0 fully saturated rings. The third kappa shape index (κ3) is 3.96. The molecule has 0 aliphatic rings. The topological polar surface area (TPSA) is 37.8 Å². The summed E-state index contributed by atoms with van der Waals surface area (Å²) in [5, 5.41) is 4.77. The van der Waals surface area contributed by atoms with Crippen molar-refractivity contribution in [2.45, 2.75) is 37.5 Å². The van der Waals surface area contributed by atoms with Crippen molar-refractivity contribution in [3.05, 3.63) is 12.3 Å². The zero-order valence-electron chi connectivity index (χ0n) is 8.95. The Morgan fingerprint density at radius 1 is 1.50 bits per heavy atom. The highest BCUT2D eigenvalue weighted by molar-refractivity contribution is 7.99. The minimum absolute atomic E-state index is 0.559. The van der Waals surface area contributed by atoms with E-state index in [2.05, 4.69) is 36.1 Å². The van der Waals surface area contributed by atoms with E-state index in [1.807, 2.05) is 6.07 Å². The Balaban J connectivity index is 2.59. The van der Waals surface area contributed by atoms with Crippen LogP contribution in [0.15, 0.2) is 17.3 Å². The molecule has 1 N–H and O–H groups in total. The summed E-state index contributed by atoms with van der Waals surface area (Å²) >= 11 is 1.75. The van der Waals surface area contributed by atoms with E-state index in [-0.39, 0.29) is 0 Å². The first kappa shape index (κ1) is 11.3. The average molecular weight is 211 g/mol. The van der Waals surface area contributed by atoms with Gasteiger partial charge in [-0.3, -0.25) is 0 Å². The molecule has 0 saturated carbocycles. The first-order valence-corrected chi connectivity index (χ1v) is 5.84. The second kappa shape index (κ2) is 5.86. The van der Waals surface area contributed by atoms with Crippen LogP contribution < -0.4 is 5.32 Å². The highest BCUT2D eigenvalue weighted by atomic mass is 32.2. The van der Waals surface area contributed by atoms with Crippen LogP contribution in [0.2, 0.25) is 0 Å². The second-order valence-corrected chi connectivity index (χ2v) is 4.91. The first-order chi connectivity index (χ1) is 6.72. The number of nitrogens with one attached hydrogen (secondary N) is 1. The van der Waals surface area contributed by atoms with E-state index >= 15 is 0 Å². The molecular formula is C10H17N3S. The van der Waals surface area contributed by atoms with E-state index in [1.54, 1.807) is 18.0 Å². The molecule has 0 aliphatic carbocycles. The van der Waals surface area contributed by atoms with Crippen molar-refractivity contribution >= 4 is 17.7 Å². The lowest BCUT2D eigenvalue weighted by molar-refractivity contribution is 0.933. The number of nitrogens with zero attached hydrogens (tertiary/aromatic N) is 2. The number of rotatable bonds is 5. The van der Waals surface area contributed by atoms with Gasteiger partial charge in [0.25, 0.3) is 0 Å². The van der Waals surface area contributed by atoms with Gasteiger partial charge >= 0.3 is 0 Å². The van der Waals surface area contributed by atoms with Crippen molar-refractivity contribution in [3.63, 3.8) is 0 Å². The molecule has 14 heavy (non-hydrogen) atoms. The number of hydrogen-bond acceptors (Lipinski definition) is 4. The predicted molar refractivity (Wildman–Crippen MR) is 61.8 cm³/mol. The van der Waals surface area contributed by atoms with E-state index in [9.17, 15) is 0 Å². The Hall–Kier alpha value is -0.770. The molecule has 0 bridgehead atoms. The number of thioether (sulfide) groups is 1. The zero-order chi connectivity index (χ0) is 10.4. The molecule has 0 atom stereocenters. The quantitative estimate of drug-likeness (QED) is 0.600. The van der Waals surface area contributed by atoms with E-state index in [0.29, 0.717) is 5.25 Å². The Labute approximate surface area is 89.7 Å². The van der Waals surface area contributed by atoms with Gasteiger partial charge in [0.1, 0.15) is 5.03 Å². The maximum absolute atomic E-state index is 4.39. The predicted octanol–water partition coefficient (Wildman–Crippen LogP) is 2.80. The Morgan fingerprint density at radius 3 is 2.93 bits per heavy atom. The zero-order valence-corrected chi connectivity index (χ0v) is 9.77. The van der Waals surface area contributed by atoms with Gasteiger partial charge < -0.3 is 5.32 Å². The lowest BCUT2D eigenvalue weighted by Gasteiger charge is -2.06. The van der Waals surface area contributed by atoms with Gasteiger partial charge in [-0.25, -0.2) is 9.97 Å². The molecule has 1 rings (SSSR count). The largest absolute Gasteiger partial charge is 0.354 e. The van der Waals surface area contributed by atoms with Gasteiger partial charge in [-0.2, -0.15) is 0 Å². The van der Waals surface area contributed by atoms with Crippen LogP contribution in [0.5, 0.6) is 0 Å². The molecule has 1 aromatic heterocycles. The summed E-state index contributed by atoms with van der Waals surface area (Å²) in [6, 6.07) is 1.95. The van der Waals surface area contributed by atoms with Gasteiger partial charge in [-0.1, -0.05) is 20.8 Å².